The van der Waals surface area contributed by atoms with E-state index in [-0.39, 0.29) is 0 Å². The third kappa shape index (κ3) is 4.16. The molecule has 0 saturated carbocycles. The van der Waals surface area contributed by atoms with E-state index in [0.29, 0.717) is 0 Å². The number of rotatable bonds is 5. The fourth-order valence-electron chi connectivity index (χ4n) is 2.13. The average Bonchev–Trinajstić information content (AvgIpc) is 2.77. The molecule has 102 valence electrons. The van der Waals surface area contributed by atoms with Gasteiger partial charge in [-0.15, -0.1) is 11.3 Å². The fourth-order valence-corrected chi connectivity index (χ4v) is 3.61. The molecule has 0 spiro atoms. The van der Waals surface area contributed by atoms with Gasteiger partial charge in [0.05, 0.1) is 3.79 Å². The molecule has 0 amide bonds. The maximum atomic E-state index is 3.54. The monoisotopic (exact) mass is 337 g/mol. The third-order valence-corrected chi connectivity index (χ3v) is 5.13. The van der Waals surface area contributed by atoms with Gasteiger partial charge in [-0.05, 0) is 77.5 Å². The van der Waals surface area contributed by atoms with E-state index in [1.807, 2.05) is 11.3 Å². The molecule has 1 N–H and O–H groups in total. The zero-order chi connectivity index (χ0) is 13.8. The van der Waals surface area contributed by atoms with Crippen molar-refractivity contribution in [2.45, 2.75) is 33.7 Å². The van der Waals surface area contributed by atoms with Crippen molar-refractivity contribution >= 4 is 27.3 Å². The first-order valence-electron chi connectivity index (χ1n) is 6.58. The van der Waals surface area contributed by atoms with Crippen molar-refractivity contribution in [3.63, 3.8) is 0 Å². The quantitative estimate of drug-likeness (QED) is 0.775. The molecule has 1 aromatic heterocycles. The molecule has 0 radical (unpaired) electrons. The van der Waals surface area contributed by atoms with E-state index in [1.165, 1.54) is 30.9 Å². The van der Waals surface area contributed by atoms with E-state index in [1.54, 1.807) is 0 Å². The Kier molecular flexibility index (Phi) is 5.20. The highest BCUT2D eigenvalue weighted by molar-refractivity contribution is 9.11. The van der Waals surface area contributed by atoms with Crippen LogP contribution in [0.2, 0.25) is 0 Å². The number of hydrogen-bond acceptors (Lipinski definition) is 2. The summed E-state index contributed by atoms with van der Waals surface area (Å²) >= 11 is 5.32. The number of halogens is 1. The van der Waals surface area contributed by atoms with Gasteiger partial charge in [0.15, 0.2) is 0 Å². The van der Waals surface area contributed by atoms with Gasteiger partial charge in [-0.25, -0.2) is 0 Å². The van der Waals surface area contributed by atoms with Crippen LogP contribution in [0.5, 0.6) is 0 Å². The summed E-state index contributed by atoms with van der Waals surface area (Å²) in [4.78, 5) is 1.43. The molecule has 19 heavy (non-hydrogen) atoms. The second-order valence-corrected chi connectivity index (χ2v) is 7.54. The molecule has 1 aromatic carbocycles. The van der Waals surface area contributed by atoms with Gasteiger partial charge in [0.25, 0.3) is 0 Å². The largest absolute Gasteiger partial charge is 0.312 e. The minimum atomic E-state index is 0.958. The van der Waals surface area contributed by atoms with Crippen LogP contribution in [0.4, 0.5) is 0 Å². The Balaban J connectivity index is 1.84. The van der Waals surface area contributed by atoms with Gasteiger partial charge in [0, 0.05) is 18.0 Å². The van der Waals surface area contributed by atoms with Crippen LogP contribution in [0.3, 0.4) is 0 Å². The highest BCUT2D eigenvalue weighted by atomic mass is 79.9. The Morgan fingerprint density at radius 1 is 1.05 bits per heavy atom. The van der Waals surface area contributed by atoms with Crippen molar-refractivity contribution in [1.29, 1.82) is 0 Å². The van der Waals surface area contributed by atoms with Gasteiger partial charge in [-0.2, -0.15) is 0 Å². The van der Waals surface area contributed by atoms with Crippen LogP contribution < -0.4 is 5.32 Å². The van der Waals surface area contributed by atoms with E-state index < -0.39 is 0 Å². The van der Waals surface area contributed by atoms with Crippen LogP contribution in [0.1, 0.15) is 27.1 Å². The van der Waals surface area contributed by atoms with Crippen LogP contribution in [-0.2, 0) is 13.0 Å². The van der Waals surface area contributed by atoms with Crippen molar-refractivity contribution in [3.05, 3.63) is 55.2 Å². The zero-order valence-corrected chi connectivity index (χ0v) is 14.1. The highest BCUT2D eigenvalue weighted by Crippen LogP contribution is 2.22. The Morgan fingerprint density at radius 2 is 1.79 bits per heavy atom. The van der Waals surface area contributed by atoms with Crippen LogP contribution in [-0.4, -0.2) is 6.54 Å². The van der Waals surface area contributed by atoms with E-state index in [2.05, 4.69) is 66.3 Å². The number of thiophene rings is 1. The summed E-state index contributed by atoms with van der Waals surface area (Å²) in [7, 11) is 0. The molecule has 1 heterocycles. The minimum Gasteiger partial charge on any atom is -0.312 e. The Labute approximate surface area is 128 Å². The molecule has 2 aromatic rings. The Hall–Kier alpha value is -0.640. The van der Waals surface area contributed by atoms with Crippen molar-refractivity contribution in [1.82, 2.24) is 5.32 Å². The minimum absolute atomic E-state index is 0.958. The predicted octanol–water partition coefficient (Wildman–Crippen LogP) is 4.77. The van der Waals surface area contributed by atoms with Gasteiger partial charge >= 0.3 is 0 Å². The van der Waals surface area contributed by atoms with Crippen LogP contribution in [0.15, 0.2) is 28.1 Å². The lowest BCUT2D eigenvalue weighted by molar-refractivity contribution is 0.687. The summed E-state index contributed by atoms with van der Waals surface area (Å²) in [6.07, 6.45) is 1.10. The van der Waals surface area contributed by atoms with E-state index >= 15 is 0 Å². The van der Waals surface area contributed by atoms with Gasteiger partial charge in [0.2, 0.25) is 0 Å². The standard InChI is InChI=1S/C16H20BrNS/c1-11-8-13(3)14(9-12(11)2)10-18-7-6-15-4-5-16(17)19-15/h4-5,8-9,18H,6-7,10H2,1-3H3. The van der Waals surface area contributed by atoms with Crippen LogP contribution in [0, 0.1) is 20.8 Å². The van der Waals surface area contributed by atoms with Gasteiger partial charge < -0.3 is 5.32 Å². The molecule has 0 aliphatic carbocycles. The molecule has 2 rings (SSSR count). The summed E-state index contributed by atoms with van der Waals surface area (Å²) < 4.78 is 1.22. The van der Waals surface area contributed by atoms with E-state index in [4.69, 9.17) is 0 Å². The molecule has 0 aliphatic rings. The molecular formula is C16H20BrNS. The highest BCUT2D eigenvalue weighted by Gasteiger charge is 2.02. The molecule has 0 unspecified atom stereocenters. The lowest BCUT2D eigenvalue weighted by Crippen LogP contribution is -2.17. The molecule has 3 heteroatoms. The summed E-state index contributed by atoms with van der Waals surface area (Å²) in [5.74, 6) is 0. The first-order valence-corrected chi connectivity index (χ1v) is 8.19. The smallest absolute Gasteiger partial charge is 0.0701 e. The van der Waals surface area contributed by atoms with Crippen molar-refractivity contribution in [3.8, 4) is 0 Å². The first kappa shape index (κ1) is 14.8. The number of aryl methyl sites for hydroxylation is 3. The molecule has 0 saturated heterocycles. The second kappa shape index (κ2) is 6.69. The zero-order valence-electron chi connectivity index (χ0n) is 11.7. The third-order valence-electron chi connectivity index (χ3n) is 3.44. The predicted molar refractivity (Wildman–Crippen MR) is 88.1 cm³/mol. The molecule has 0 atom stereocenters. The van der Waals surface area contributed by atoms with Crippen molar-refractivity contribution in [2.75, 3.05) is 6.54 Å². The fraction of sp³-hybridized carbons (Fsp3) is 0.375. The second-order valence-electron chi connectivity index (χ2n) is 5.00. The van der Waals surface area contributed by atoms with Crippen LogP contribution in [0.25, 0.3) is 0 Å². The lowest BCUT2D eigenvalue weighted by Gasteiger charge is -2.10. The van der Waals surface area contributed by atoms with Gasteiger partial charge in [0.1, 0.15) is 0 Å². The molecule has 0 bridgehead atoms. The summed E-state index contributed by atoms with van der Waals surface area (Å²) in [6, 6.07) is 8.90. The Morgan fingerprint density at radius 3 is 2.47 bits per heavy atom. The SMILES string of the molecule is Cc1cc(C)c(CNCCc2ccc(Br)s2)cc1C. The average molecular weight is 338 g/mol. The number of nitrogens with one attached hydrogen (secondary N) is 1. The number of hydrogen-bond donors (Lipinski definition) is 1. The van der Waals surface area contributed by atoms with E-state index in [0.717, 1.165) is 19.5 Å². The first-order chi connectivity index (χ1) is 9.06. The summed E-state index contributed by atoms with van der Waals surface area (Å²) in [6.45, 7) is 8.54. The molecule has 0 aliphatic heterocycles. The molecular weight excluding hydrogens is 318 g/mol. The summed E-state index contributed by atoms with van der Waals surface area (Å²) in [5.41, 5.74) is 5.55. The van der Waals surface area contributed by atoms with Gasteiger partial charge in [-0.3, -0.25) is 0 Å². The van der Waals surface area contributed by atoms with Crippen molar-refractivity contribution in [2.24, 2.45) is 0 Å². The maximum absolute atomic E-state index is 3.54. The molecule has 0 fully saturated rings. The van der Waals surface area contributed by atoms with Crippen molar-refractivity contribution < 1.29 is 0 Å². The van der Waals surface area contributed by atoms with E-state index in [9.17, 15) is 0 Å². The topological polar surface area (TPSA) is 12.0 Å². The van der Waals surface area contributed by atoms with Crippen LogP contribution >= 0.6 is 27.3 Å². The number of benzene rings is 1. The summed E-state index contributed by atoms with van der Waals surface area (Å²) in [5, 5.41) is 3.54. The normalized spacial score (nSPS) is 10.9. The van der Waals surface area contributed by atoms with Gasteiger partial charge in [-0.1, -0.05) is 12.1 Å². The maximum Gasteiger partial charge on any atom is 0.0701 e. The Bertz CT molecular complexity index is 560. The molecule has 1 nitrogen and oxygen atoms in total. The lowest BCUT2D eigenvalue weighted by atomic mass is 10.0.